The Labute approximate surface area is 178 Å². The van der Waals surface area contributed by atoms with Crippen LogP contribution >= 0.6 is 11.8 Å². The van der Waals surface area contributed by atoms with Crippen LogP contribution in [0.3, 0.4) is 0 Å². The molecule has 9 heteroatoms. The van der Waals surface area contributed by atoms with Crippen LogP contribution in [-0.2, 0) is 9.59 Å². The molecule has 1 fully saturated rings. The van der Waals surface area contributed by atoms with Crippen molar-refractivity contribution in [2.75, 3.05) is 13.6 Å². The third kappa shape index (κ3) is 6.17. The molecule has 3 rings (SSSR count). The lowest BCUT2D eigenvalue weighted by molar-refractivity contribution is -0.274. The molecule has 30 heavy (non-hydrogen) atoms. The molecule has 0 spiro atoms. The van der Waals surface area contributed by atoms with Gasteiger partial charge in [-0.1, -0.05) is 23.8 Å². The molecule has 1 saturated heterocycles. The van der Waals surface area contributed by atoms with Gasteiger partial charge < -0.3 is 15.0 Å². The van der Waals surface area contributed by atoms with Crippen molar-refractivity contribution >= 4 is 23.6 Å². The number of alkyl halides is 3. The van der Waals surface area contributed by atoms with Gasteiger partial charge in [-0.25, -0.2) is 0 Å². The molecule has 2 unspecified atom stereocenters. The van der Waals surface area contributed by atoms with Crippen molar-refractivity contribution in [3.05, 3.63) is 41.5 Å². The molecule has 0 bridgehead atoms. The lowest BCUT2D eigenvalue weighted by Crippen LogP contribution is -2.32. The van der Waals surface area contributed by atoms with Crippen LogP contribution in [0.15, 0.2) is 35.9 Å². The van der Waals surface area contributed by atoms with Crippen LogP contribution in [0.25, 0.3) is 0 Å². The largest absolute Gasteiger partial charge is 0.573 e. The number of nitrogens with one attached hydrogen (secondary N) is 1. The first-order valence-electron chi connectivity index (χ1n) is 9.95. The predicted molar refractivity (Wildman–Crippen MR) is 109 cm³/mol. The standard InChI is InChI=1S/C21H25F3N2O3S/c1-26-19(28)17(13-18(27)25-11-10-14-6-3-2-4-7-14)30-20(26)15-8-5-9-16(12-15)29-21(22,23)24/h5-6,8-9,12,17,20H,2-4,7,10-11,13H2,1H3,(H,25,27). The minimum absolute atomic E-state index is 0.0438. The number of amides is 2. The number of carbonyl (C=O) groups is 2. The first-order chi connectivity index (χ1) is 14.2. The van der Waals surface area contributed by atoms with Crippen molar-refractivity contribution in [2.45, 2.75) is 55.5 Å². The molecule has 2 aliphatic rings. The number of benzene rings is 1. The topological polar surface area (TPSA) is 58.6 Å². The van der Waals surface area contributed by atoms with Crippen LogP contribution in [0.4, 0.5) is 13.2 Å². The number of hydrogen-bond donors (Lipinski definition) is 1. The molecule has 2 atom stereocenters. The van der Waals surface area contributed by atoms with Gasteiger partial charge in [-0.3, -0.25) is 9.59 Å². The van der Waals surface area contributed by atoms with E-state index in [1.807, 2.05) is 0 Å². The summed E-state index contributed by atoms with van der Waals surface area (Å²) in [5.74, 6) is -0.739. The first-order valence-corrected chi connectivity index (χ1v) is 10.9. The Morgan fingerprint density at radius 3 is 2.83 bits per heavy atom. The third-order valence-electron chi connectivity index (χ3n) is 5.17. The minimum Gasteiger partial charge on any atom is -0.406 e. The second kappa shape index (κ2) is 9.76. The van der Waals surface area contributed by atoms with E-state index < -0.39 is 17.0 Å². The molecule has 164 valence electrons. The molecule has 0 radical (unpaired) electrons. The molecular weight excluding hydrogens is 417 g/mol. The fourth-order valence-corrected chi connectivity index (χ4v) is 5.12. The molecule has 1 aliphatic heterocycles. The van der Waals surface area contributed by atoms with Gasteiger partial charge >= 0.3 is 6.36 Å². The van der Waals surface area contributed by atoms with Crippen molar-refractivity contribution in [1.29, 1.82) is 0 Å². The van der Waals surface area contributed by atoms with Gasteiger partial charge in [0.2, 0.25) is 11.8 Å². The molecule has 5 nitrogen and oxygen atoms in total. The number of hydrogen-bond acceptors (Lipinski definition) is 4. The van der Waals surface area contributed by atoms with E-state index in [2.05, 4.69) is 16.1 Å². The Hall–Kier alpha value is -2.16. The Balaban J connectivity index is 1.54. The van der Waals surface area contributed by atoms with Crippen molar-refractivity contribution in [3.8, 4) is 5.75 Å². The van der Waals surface area contributed by atoms with Crippen LogP contribution < -0.4 is 10.1 Å². The summed E-state index contributed by atoms with van der Waals surface area (Å²) < 4.78 is 41.4. The lowest BCUT2D eigenvalue weighted by atomic mass is 9.97. The summed E-state index contributed by atoms with van der Waals surface area (Å²) >= 11 is 1.26. The smallest absolute Gasteiger partial charge is 0.406 e. The summed E-state index contributed by atoms with van der Waals surface area (Å²) in [5, 5.41) is 1.83. The summed E-state index contributed by atoms with van der Waals surface area (Å²) in [6.45, 7) is 0.548. The zero-order chi connectivity index (χ0) is 21.7. The maximum Gasteiger partial charge on any atom is 0.573 e. The number of allylic oxidation sites excluding steroid dienone is 1. The van der Waals surface area contributed by atoms with Gasteiger partial charge in [0.25, 0.3) is 0 Å². The normalized spacial score (nSPS) is 22.1. The zero-order valence-electron chi connectivity index (χ0n) is 16.7. The van der Waals surface area contributed by atoms with Crippen molar-refractivity contribution in [2.24, 2.45) is 0 Å². The SMILES string of the molecule is CN1C(=O)C(CC(=O)NCCC2=CCCCC2)SC1c1cccc(OC(F)(F)F)c1. The minimum atomic E-state index is -4.78. The van der Waals surface area contributed by atoms with Gasteiger partial charge in [0.1, 0.15) is 11.1 Å². The van der Waals surface area contributed by atoms with Crippen LogP contribution in [-0.4, -0.2) is 41.9 Å². The summed E-state index contributed by atoms with van der Waals surface area (Å²) in [5.41, 5.74) is 1.89. The Kier molecular flexibility index (Phi) is 7.33. The lowest BCUT2D eigenvalue weighted by Gasteiger charge is -2.19. The van der Waals surface area contributed by atoms with E-state index in [1.54, 1.807) is 13.1 Å². The number of halogens is 3. The zero-order valence-corrected chi connectivity index (χ0v) is 17.5. The van der Waals surface area contributed by atoms with Crippen LogP contribution in [0, 0.1) is 0 Å². The fourth-order valence-electron chi connectivity index (χ4n) is 3.69. The molecule has 2 amide bonds. The van der Waals surface area contributed by atoms with Crippen LogP contribution in [0.2, 0.25) is 0 Å². The van der Waals surface area contributed by atoms with E-state index in [1.165, 1.54) is 53.3 Å². The second-order valence-electron chi connectivity index (χ2n) is 7.46. The molecule has 1 heterocycles. The van der Waals surface area contributed by atoms with Gasteiger partial charge in [0, 0.05) is 20.0 Å². The summed E-state index contributed by atoms with van der Waals surface area (Å²) in [4.78, 5) is 26.3. The summed E-state index contributed by atoms with van der Waals surface area (Å²) in [7, 11) is 1.59. The average Bonchev–Trinajstić information content (AvgIpc) is 2.96. The second-order valence-corrected chi connectivity index (χ2v) is 8.75. The number of rotatable bonds is 7. The highest BCUT2D eigenvalue weighted by Gasteiger charge is 2.40. The van der Waals surface area contributed by atoms with Crippen LogP contribution in [0.5, 0.6) is 5.75 Å². The highest BCUT2D eigenvalue weighted by atomic mass is 32.2. The quantitative estimate of drug-likeness (QED) is 0.630. The van der Waals surface area contributed by atoms with E-state index in [0.717, 1.165) is 19.3 Å². The number of nitrogens with zero attached hydrogens (tertiary/aromatic N) is 1. The van der Waals surface area contributed by atoms with Gasteiger partial charge in [0.15, 0.2) is 0 Å². The number of carbonyl (C=O) groups excluding carboxylic acids is 2. The molecule has 0 saturated carbocycles. The Bertz CT molecular complexity index is 813. The van der Waals surface area contributed by atoms with Crippen molar-refractivity contribution < 1.29 is 27.5 Å². The average molecular weight is 443 g/mol. The van der Waals surface area contributed by atoms with E-state index >= 15 is 0 Å². The molecule has 1 aromatic rings. The predicted octanol–water partition coefficient (Wildman–Crippen LogP) is 4.55. The molecular formula is C21H25F3N2O3S. The highest BCUT2D eigenvalue weighted by Crippen LogP contribution is 2.44. The maximum atomic E-state index is 12.6. The Morgan fingerprint density at radius 2 is 2.13 bits per heavy atom. The summed E-state index contributed by atoms with van der Waals surface area (Å²) in [6.07, 6.45) is 2.91. The van der Waals surface area contributed by atoms with E-state index in [4.69, 9.17) is 0 Å². The van der Waals surface area contributed by atoms with E-state index in [9.17, 15) is 22.8 Å². The van der Waals surface area contributed by atoms with Gasteiger partial charge in [-0.2, -0.15) is 0 Å². The molecule has 1 aromatic carbocycles. The maximum absolute atomic E-state index is 12.6. The van der Waals surface area contributed by atoms with Crippen molar-refractivity contribution in [3.63, 3.8) is 0 Å². The Morgan fingerprint density at radius 1 is 1.33 bits per heavy atom. The van der Waals surface area contributed by atoms with Gasteiger partial charge in [-0.15, -0.1) is 24.9 Å². The molecule has 1 aliphatic carbocycles. The summed E-state index contributed by atoms with van der Waals surface area (Å²) in [6, 6.07) is 5.58. The third-order valence-corrected chi connectivity index (χ3v) is 6.71. The van der Waals surface area contributed by atoms with E-state index in [-0.39, 0.29) is 24.0 Å². The van der Waals surface area contributed by atoms with Gasteiger partial charge in [-0.05, 0) is 49.8 Å². The van der Waals surface area contributed by atoms with Crippen LogP contribution in [0.1, 0.15) is 49.5 Å². The fraction of sp³-hybridized carbons (Fsp3) is 0.524. The number of ether oxygens (including phenoxy) is 1. The van der Waals surface area contributed by atoms with Crippen molar-refractivity contribution in [1.82, 2.24) is 10.2 Å². The molecule has 1 N–H and O–H groups in total. The monoisotopic (exact) mass is 442 g/mol. The molecule has 0 aromatic heterocycles. The number of thioether (sulfide) groups is 1. The van der Waals surface area contributed by atoms with Gasteiger partial charge in [0.05, 0.1) is 5.25 Å². The van der Waals surface area contributed by atoms with E-state index in [0.29, 0.717) is 12.1 Å². The first kappa shape index (κ1) is 22.5. The highest BCUT2D eigenvalue weighted by molar-refractivity contribution is 8.01.